The van der Waals surface area contributed by atoms with Gasteiger partial charge in [-0.15, -0.1) is 11.3 Å². The molecule has 2 rings (SSSR count). The zero-order valence-electron chi connectivity index (χ0n) is 12.4. The number of aryl methyl sites for hydroxylation is 1. The number of esters is 1. The smallest absolute Gasteiger partial charge is 0.349 e. The molecule has 0 aliphatic carbocycles. The molecule has 0 saturated carbocycles. The normalized spacial score (nSPS) is 10.9. The minimum atomic E-state index is -0.437. The third-order valence-corrected chi connectivity index (χ3v) is 4.32. The van der Waals surface area contributed by atoms with E-state index in [0.29, 0.717) is 17.3 Å². The first kappa shape index (κ1) is 15.5. The Morgan fingerprint density at radius 2 is 2.00 bits per heavy atom. The third-order valence-electron chi connectivity index (χ3n) is 3.07. The van der Waals surface area contributed by atoms with Gasteiger partial charge in [-0.2, -0.15) is 0 Å². The molecule has 0 fully saturated rings. The van der Waals surface area contributed by atoms with Crippen LogP contribution in [0.3, 0.4) is 0 Å². The lowest BCUT2D eigenvalue weighted by Crippen LogP contribution is -2.31. The van der Waals surface area contributed by atoms with Crippen molar-refractivity contribution in [3.63, 3.8) is 0 Å². The molecule has 0 spiro atoms. The Labute approximate surface area is 128 Å². The second-order valence-electron chi connectivity index (χ2n) is 5.33. The molecule has 2 aromatic rings. The van der Waals surface area contributed by atoms with Crippen molar-refractivity contribution in [1.82, 2.24) is 5.32 Å². The summed E-state index contributed by atoms with van der Waals surface area (Å²) >= 11 is 1.40. The highest BCUT2D eigenvalue weighted by atomic mass is 32.1. The van der Waals surface area contributed by atoms with Crippen LogP contribution < -0.4 is 5.32 Å². The Morgan fingerprint density at radius 1 is 1.29 bits per heavy atom. The minimum absolute atomic E-state index is 0.237. The average molecular weight is 305 g/mol. The highest BCUT2D eigenvalue weighted by Gasteiger charge is 2.17. The first-order chi connectivity index (χ1) is 9.99. The second kappa shape index (κ2) is 6.72. The van der Waals surface area contributed by atoms with Crippen molar-refractivity contribution in [3.8, 4) is 0 Å². The van der Waals surface area contributed by atoms with Crippen LogP contribution in [0.4, 0.5) is 0 Å². The molecule has 0 saturated heterocycles. The van der Waals surface area contributed by atoms with Crippen molar-refractivity contribution in [2.45, 2.75) is 20.8 Å². The molecule has 0 unspecified atom stereocenters. The van der Waals surface area contributed by atoms with Gasteiger partial charge in [0.05, 0.1) is 0 Å². The predicted octanol–water partition coefficient (Wildman–Crippen LogP) is 3.14. The number of ether oxygens (including phenoxy) is 1. The highest BCUT2D eigenvalue weighted by molar-refractivity contribution is 7.21. The summed E-state index contributed by atoms with van der Waals surface area (Å²) in [4.78, 5) is 24.2. The van der Waals surface area contributed by atoms with Crippen LogP contribution in [0.2, 0.25) is 0 Å². The van der Waals surface area contributed by atoms with Crippen molar-refractivity contribution >= 4 is 33.3 Å². The summed E-state index contributed by atoms with van der Waals surface area (Å²) < 4.78 is 6.14. The fourth-order valence-corrected chi connectivity index (χ4v) is 3.04. The van der Waals surface area contributed by atoms with Crippen LogP contribution in [0.15, 0.2) is 24.3 Å². The lowest BCUT2D eigenvalue weighted by Gasteiger charge is -2.08. The van der Waals surface area contributed by atoms with Gasteiger partial charge in [0.15, 0.2) is 6.61 Å². The SMILES string of the molecule is Cc1c(C(=O)OCC(=O)NCC(C)C)sc2ccccc12. The van der Waals surface area contributed by atoms with E-state index < -0.39 is 5.97 Å². The van der Waals surface area contributed by atoms with Crippen LogP contribution in [0.1, 0.15) is 29.1 Å². The zero-order valence-corrected chi connectivity index (χ0v) is 13.3. The van der Waals surface area contributed by atoms with Gasteiger partial charge in [-0.25, -0.2) is 4.79 Å². The van der Waals surface area contributed by atoms with Crippen molar-refractivity contribution in [2.24, 2.45) is 5.92 Å². The van der Waals surface area contributed by atoms with Crippen LogP contribution in [0.5, 0.6) is 0 Å². The van der Waals surface area contributed by atoms with Gasteiger partial charge in [0.25, 0.3) is 5.91 Å². The Bertz CT molecular complexity index is 661. The molecule has 1 heterocycles. The first-order valence-corrected chi connectivity index (χ1v) is 7.72. The quantitative estimate of drug-likeness (QED) is 0.863. The lowest BCUT2D eigenvalue weighted by molar-refractivity contribution is -0.124. The Hall–Kier alpha value is -1.88. The highest BCUT2D eigenvalue weighted by Crippen LogP contribution is 2.30. The summed E-state index contributed by atoms with van der Waals surface area (Å²) in [7, 11) is 0. The molecule has 0 radical (unpaired) electrons. The Kier molecular flexibility index (Phi) is 4.96. The maximum Gasteiger partial charge on any atom is 0.349 e. The number of carbonyl (C=O) groups is 2. The summed E-state index contributed by atoms with van der Waals surface area (Å²) in [5, 5.41) is 3.77. The summed E-state index contributed by atoms with van der Waals surface area (Å²) in [5.74, 6) is -0.335. The molecule has 1 aromatic carbocycles. The van der Waals surface area contributed by atoms with E-state index >= 15 is 0 Å². The third kappa shape index (κ3) is 3.82. The van der Waals surface area contributed by atoms with Crippen LogP contribution in [0.25, 0.3) is 10.1 Å². The zero-order chi connectivity index (χ0) is 15.4. The average Bonchev–Trinajstić information content (AvgIpc) is 2.80. The molecule has 21 heavy (non-hydrogen) atoms. The van der Waals surface area contributed by atoms with Gasteiger partial charge in [-0.3, -0.25) is 4.79 Å². The van der Waals surface area contributed by atoms with E-state index in [-0.39, 0.29) is 12.5 Å². The second-order valence-corrected chi connectivity index (χ2v) is 6.38. The van der Waals surface area contributed by atoms with Gasteiger partial charge >= 0.3 is 5.97 Å². The van der Waals surface area contributed by atoms with E-state index in [1.54, 1.807) is 0 Å². The summed E-state index contributed by atoms with van der Waals surface area (Å²) in [6, 6.07) is 7.83. The maximum atomic E-state index is 12.1. The van der Waals surface area contributed by atoms with Crippen molar-refractivity contribution in [2.75, 3.05) is 13.2 Å². The molecule has 1 aromatic heterocycles. The van der Waals surface area contributed by atoms with Gasteiger partial charge in [0.1, 0.15) is 4.88 Å². The van der Waals surface area contributed by atoms with E-state index in [1.807, 2.05) is 45.0 Å². The molecular weight excluding hydrogens is 286 g/mol. The van der Waals surface area contributed by atoms with E-state index in [0.717, 1.165) is 15.6 Å². The summed E-state index contributed by atoms with van der Waals surface area (Å²) in [5.41, 5.74) is 0.906. The van der Waals surface area contributed by atoms with Crippen molar-refractivity contribution in [3.05, 3.63) is 34.7 Å². The summed E-state index contributed by atoms with van der Waals surface area (Å²) in [6.07, 6.45) is 0. The standard InChI is InChI=1S/C16H19NO3S/c1-10(2)8-17-14(18)9-20-16(19)15-11(3)12-6-4-5-7-13(12)21-15/h4-7,10H,8-9H2,1-3H3,(H,17,18). The lowest BCUT2D eigenvalue weighted by atomic mass is 10.1. The number of nitrogens with one attached hydrogen (secondary N) is 1. The fraction of sp³-hybridized carbons (Fsp3) is 0.375. The van der Waals surface area contributed by atoms with Gasteiger partial charge < -0.3 is 10.1 Å². The van der Waals surface area contributed by atoms with Crippen LogP contribution in [-0.2, 0) is 9.53 Å². The molecule has 112 valence electrons. The van der Waals surface area contributed by atoms with Gasteiger partial charge in [0, 0.05) is 11.2 Å². The largest absolute Gasteiger partial charge is 0.451 e. The number of benzene rings is 1. The van der Waals surface area contributed by atoms with Crippen LogP contribution >= 0.6 is 11.3 Å². The number of fused-ring (bicyclic) bond motifs is 1. The fourth-order valence-electron chi connectivity index (χ4n) is 1.93. The molecule has 0 atom stereocenters. The van der Waals surface area contributed by atoms with Gasteiger partial charge in [0.2, 0.25) is 0 Å². The molecule has 5 heteroatoms. The first-order valence-electron chi connectivity index (χ1n) is 6.91. The van der Waals surface area contributed by atoms with E-state index in [1.165, 1.54) is 11.3 Å². The van der Waals surface area contributed by atoms with E-state index in [4.69, 9.17) is 4.74 Å². The molecule has 4 nitrogen and oxygen atoms in total. The molecule has 0 aliphatic heterocycles. The Morgan fingerprint density at radius 3 is 2.67 bits per heavy atom. The minimum Gasteiger partial charge on any atom is -0.451 e. The molecule has 1 amide bonds. The van der Waals surface area contributed by atoms with E-state index in [2.05, 4.69) is 5.32 Å². The van der Waals surface area contributed by atoms with Gasteiger partial charge in [-0.05, 0) is 29.9 Å². The number of hydrogen-bond donors (Lipinski definition) is 1. The van der Waals surface area contributed by atoms with Crippen molar-refractivity contribution < 1.29 is 14.3 Å². The molecule has 0 aliphatic rings. The molecule has 1 N–H and O–H groups in total. The number of hydrogen-bond acceptors (Lipinski definition) is 4. The van der Waals surface area contributed by atoms with Crippen LogP contribution in [0, 0.1) is 12.8 Å². The number of thiophene rings is 1. The van der Waals surface area contributed by atoms with Crippen molar-refractivity contribution in [1.29, 1.82) is 0 Å². The molecular formula is C16H19NO3S. The molecule has 0 bridgehead atoms. The predicted molar refractivity (Wildman–Crippen MR) is 84.7 cm³/mol. The number of amides is 1. The Balaban J connectivity index is 1.99. The van der Waals surface area contributed by atoms with Crippen LogP contribution in [-0.4, -0.2) is 25.0 Å². The number of carbonyl (C=O) groups excluding carboxylic acids is 2. The monoisotopic (exact) mass is 305 g/mol. The number of rotatable bonds is 5. The van der Waals surface area contributed by atoms with E-state index in [9.17, 15) is 9.59 Å². The summed E-state index contributed by atoms with van der Waals surface area (Å²) in [6.45, 7) is 6.26. The van der Waals surface area contributed by atoms with Gasteiger partial charge in [-0.1, -0.05) is 32.0 Å². The topological polar surface area (TPSA) is 55.4 Å². The maximum absolute atomic E-state index is 12.1.